The van der Waals surface area contributed by atoms with Crippen molar-refractivity contribution in [2.45, 2.75) is 23.6 Å². The maximum absolute atomic E-state index is 5.99. The number of hydrogen-bond donors (Lipinski definition) is 1. The Labute approximate surface area is 203 Å². The van der Waals surface area contributed by atoms with E-state index in [1.807, 2.05) is 37.3 Å². The minimum absolute atomic E-state index is 0.723. The van der Waals surface area contributed by atoms with Crippen LogP contribution < -0.4 is 5.73 Å². The first-order valence-corrected chi connectivity index (χ1v) is 11.8. The van der Waals surface area contributed by atoms with Gasteiger partial charge in [-0.05, 0) is 89.0 Å². The van der Waals surface area contributed by atoms with Crippen LogP contribution in [-0.2, 0) is 0 Å². The number of aryl methyl sites for hydroxylation is 2. The fourth-order valence-corrected chi connectivity index (χ4v) is 4.97. The molecule has 0 unspecified atom stereocenters. The minimum Gasteiger partial charge on any atom is -0.399 e. The van der Waals surface area contributed by atoms with Gasteiger partial charge in [0.25, 0.3) is 0 Å². The van der Waals surface area contributed by atoms with E-state index < -0.39 is 0 Å². The van der Waals surface area contributed by atoms with Crippen LogP contribution in [0.2, 0.25) is 0 Å². The second kappa shape index (κ2) is 9.88. The predicted molar refractivity (Wildman–Crippen MR) is 144 cm³/mol. The minimum atomic E-state index is 0.723. The average Bonchev–Trinajstić information content (AvgIpc) is 2.80. The van der Waals surface area contributed by atoms with Crippen molar-refractivity contribution in [3.05, 3.63) is 79.6 Å². The standard InChI is InChI=1S/C28H21N3S2/c1-5-11-32-24-13-18(3)25-10-8-23(15-21(25)16-24)30-31-28-19(4)26-9-7-22(29)14-20(26)17-27(28)33-12-6-2/h7-10,13-17H,1-2,29H2,3-4H3/q-2. The Morgan fingerprint density at radius 1 is 0.788 bits per heavy atom. The molecule has 2 N–H and O–H groups in total. The van der Waals surface area contributed by atoms with E-state index in [-0.39, 0.29) is 0 Å². The molecule has 0 aliphatic carbocycles. The summed E-state index contributed by atoms with van der Waals surface area (Å²) in [5.74, 6) is 5.37. The zero-order valence-electron chi connectivity index (χ0n) is 18.4. The molecule has 0 aromatic heterocycles. The lowest BCUT2D eigenvalue weighted by molar-refractivity contribution is 1.18. The molecule has 0 aliphatic rings. The Bertz CT molecular complexity index is 1530. The van der Waals surface area contributed by atoms with Crippen LogP contribution in [0.1, 0.15) is 11.1 Å². The number of anilines is 1. The zero-order chi connectivity index (χ0) is 23.4. The van der Waals surface area contributed by atoms with Gasteiger partial charge in [0.05, 0.1) is 5.69 Å². The number of nitrogens with zero attached hydrogens (tertiary/aromatic N) is 2. The Morgan fingerprint density at radius 2 is 1.52 bits per heavy atom. The van der Waals surface area contributed by atoms with Crippen LogP contribution in [0.3, 0.4) is 0 Å². The van der Waals surface area contributed by atoms with Crippen molar-refractivity contribution in [2.75, 3.05) is 5.73 Å². The van der Waals surface area contributed by atoms with Gasteiger partial charge in [-0.3, -0.25) is 22.3 Å². The number of hydrogen-bond acceptors (Lipinski definition) is 5. The molecule has 0 saturated carbocycles. The molecule has 4 aromatic rings. The quantitative estimate of drug-likeness (QED) is 0.109. The molecule has 0 atom stereocenters. The van der Waals surface area contributed by atoms with E-state index in [4.69, 9.17) is 5.73 Å². The van der Waals surface area contributed by atoms with E-state index in [0.29, 0.717) is 0 Å². The Kier molecular flexibility index (Phi) is 6.75. The SMILES string of the molecule is [CH2-]C#CSc1cc(C)c2ccc(N=Nc3c(SC#C[CH2-])cc4cc(N)ccc4c3C)cc2c1. The molecule has 0 saturated heterocycles. The van der Waals surface area contributed by atoms with Gasteiger partial charge in [0.1, 0.15) is 5.69 Å². The van der Waals surface area contributed by atoms with Crippen molar-refractivity contribution in [1.82, 2.24) is 0 Å². The monoisotopic (exact) mass is 463 g/mol. The van der Waals surface area contributed by atoms with E-state index in [1.165, 1.54) is 34.5 Å². The Hall–Kier alpha value is -3.64. The summed E-state index contributed by atoms with van der Waals surface area (Å²) in [5.41, 5.74) is 10.5. The third kappa shape index (κ3) is 4.91. The van der Waals surface area contributed by atoms with Gasteiger partial charge in [-0.15, -0.1) is 5.11 Å². The second-order valence-electron chi connectivity index (χ2n) is 7.44. The summed E-state index contributed by atoms with van der Waals surface area (Å²) in [4.78, 5) is 2.01. The fraction of sp³-hybridized carbons (Fsp3) is 0.0714. The molecule has 4 aromatic carbocycles. The van der Waals surface area contributed by atoms with Crippen molar-refractivity contribution in [3.8, 4) is 22.3 Å². The highest BCUT2D eigenvalue weighted by Crippen LogP contribution is 2.39. The lowest BCUT2D eigenvalue weighted by atomic mass is 10.0. The lowest BCUT2D eigenvalue weighted by Gasteiger charge is -2.12. The summed E-state index contributed by atoms with van der Waals surface area (Å²) < 4.78 is 0. The maximum atomic E-state index is 5.99. The average molecular weight is 464 g/mol. The molecule has 0 heterocycles. The molecule has 0 amide bonds. The van der Waals surface area contributed by atoms with Gasteiger partial charge in [-0.1, -0.05) is 12.1 Å². The molecular weight excluding hydrogens is 442 g/mol. The number of fused-ring (bicyclic) bond motifs is 2. The van der Waals surface area contributed by atoms with Gasteiger partial charge in [-0.2, -0.15) is 42.5 Å². The molecule has 0 spiro atoms. The Morgan fingerprint density at radius 3 is 2.30 bits per heavy atom. The zero-order valence-corrected chi connectivity index (χ0v) is 20.0. The molecule has 3 nitrogen and oxygen atoms in total. The number of azo groups is 1. The third-order valence-electron chi connectivity index (χ3n) is 5.21. The summed E-state index contributed by atoms with van der Waals surface area (Å²) in [5, 5.41) is 19.6. The highest BCUT2D eigenvalue weighted by atomic mass is 32.2. The van der Waals surface area contributed by atoms with Gasteiger partial charge >= 0.3 is 0 Å². The molecule has 0 fully saturated rings. The number of rotatable bonds is 4. The van der Waals surface area contributed by atoms with E-state index in [2.05, 4.69) is 77.6 Å². The van der Waals surface area contributed by atoms with Crippen LogP contribution in [0, 0.1) is 50.0 Å². The van der Waals surface area contributed by atoms with E-state index in [9.17, 15) is 0 Å². The van der Waals surface area contributed by atoms with Crippen molar-refractivity contribution < 1.29 is 0 Å². The van der Waals surface area contributed by atoms with Crippen LogP contribution in [0.4, 0.5) is 17.1 Å². The normalized spacial score (nSPS) is 10.7. The van der Waals surface area contributed by atoms with Crippen molar-refractivity contribution in [2.24, 2.45) is 10.2 Å². The molecular formula is C28H21N3S2-2. The first-order valence-electron chi connectivity index (χ1n) is 10.2. The predicted octanol–water partition coefficient (Wildman–Crippen LogP) is 8.38. The largest absolute Gasteiger partial charge is 0.399 e. The van der Waals surface area contributed by atoms with Gasteiger partial charge < -0.3 is 5.73 Å². The number of nitrogen functional groups attached to an aromatic ring is 1. The molecule has 162 valence electrons. The summed E-state index contributed by atoms with van der Waals surface area (Å²) in [7, 11) is 0. The van der Waals surface area contributed by atoms with Crippen LogP contribution >= 0.6 is 23.5 Å². The number of benzene rings is 4. The van der Waals surface area contributed by atoms with Crippen molar-refractivity contribution in [1.29, 1.82) is 0 Å². The van der Waals surface area contributed by atoms with Crippen LogP contribution in [-0.4, -0.2) is 0 Å². The van der Waals surface area contributed by atoms with Crippen LogP contribution in [0.25, 0.3) is 21.5 Å². The van der Waals surface area contributed by atoms with E-state index in [0.717, 1.165) is 48.6 Å². The van der Waals surface area contributed by atoms with Gasteiger partial charge in [0.2, 0.25) is 0 Å². The molecule has 33 heavy (non-hydrogen) atoms. The molecule has 0 bridgehead atoms. The maximum Gasteiger partial charge on any atom is 0.102 e. The topological polar surface area (TPSA) is 50.7 Å². The van der Waals surface area contributed by atoms with E-state index >= 15 is 0 Å². The van der Waals surface area contributed by atoms with E-state index in [1.54, 1.807) is 0 Å². The summed E-state index contributed by atoms with van der Waals surface area (Å²) >= 11 is 2.86. The molecule has 4 rings (SSSR count). The van der Waals surface area contributed by atoms with Gasteiger partial charge in [-0.25, -0.2) is 0 Å². The van der Waals surface area contributed by atoms with Crippen LogP contribution in [0.5, 0.6) is 0 Å². The highest BCUT2D eigenvalue weighted by Gasteiger charge is 2.10. The first-order chi connectivity index (χ1) is 16.0. The van der Waals surface area contributed by atoms with Crippen LogP contribution in [0.15, 0.2) is 74.6 Å². The Balaban J connectivity index is 1.79. The first kappa shape index (κ1) is 22.6. The smallest absolute Gasteiger partial charge is 0.102 e. The number of thioether (sulfide) groups is 2. The summed E-state index contributed by atoms with van der Waals surface area (Å²) in [6.07, 6.45) is 0. The molecule has 0 aliphatic heterocycles. The lowest BCUT2D eigenvalue weighted by Crippen LogP contribution is -1.87. The second-order valence-corrected chi connectivity index (χ2v) is 9.16. The third-order valence-corrected chi connectivity index (χ3v) is 6.71. The number of nitrogens with two attached hydrogens (primary N) is 1. The molecule has 5 heteroatoms. The molecule has 0 radical (unpaired) electrons. The fourth-order valence-electron chi connectivity index (χ4n) is 3.70. The summed E-state index contributed by atoms with van der Waals surface area (Å²) in [6.45, 7) is 11.3. The summed E-state index contributed by atoms with van der Waals surface area (Å²) in [6, 6.07) is 18.3. The van der Waals surface area contributed by atoms with Crippen molar-refractivity contribution in [3.63, 3.8) is 0 Å². The highest BCUT2D eigenvalue weighted by molar-refractivity contribution is 8.04. The van der Waals surface area contributed by atoms with Gasteiger partial charge in [0.15, 0.2) is 0 Å². The van der Waals surface area contributed by atoms with Crippen molar-refractivity contribution >= 4 is 62.1 Å². The van der Waals surface area contributed by atoms with Gasteiger partial charge in [0, 0.05) is 15.5 Å².